The van der Waals surface area contributed by atoms with Crippen molar-refractivity contribution in [2.24, 2.45) is 5.92 Å². The van der Waals surface area contributed by atoms with Crippen LogP contribution < -0.4 is 5.32 Å². The first-order valence-corrected chi connectivity index (χ1v) is 11.9. The number of nitrogens with one attached hydrogen (secondary N) is 1. The molecule has 0 radical (unpaired) electrons. The van der Waals surface area contributed by atoms with Gasteiger partial charge in [-0.1, -0.05) is 78.4 Å². The average molecular weight is 481 g/mol. The lowest BCUT2D eigenvalue weighted by Crippen LogP contribution is -2.47. The lowest BCUT2D eigenvalue weighted by Gasteiger charge is -2.38. The van der Waals surface area contributed by atoms with Crippen LogP contribution in [0, 0.1) is 11.7 Å². The van der Waals surface area contributed by atoms with E-state index in [9.17, 15) is 9.18 Å². The second-order valence-corrected chi connectivity index (χ2v) is 9.26. The maximum atomic E-state index is 13.6. The summed E-state index contributed by atoms with van der Waals surface area (Å²) in [4.78, 5) is 16.0. The molecule has 1 amide bonds. The number of rotatable bonds is 6. The number of amides is 1. The second-order valence-electron chi connectivity index (χ2n) is 8.41. The van der Waals surface area contributed by atoms with Gasteiger partial charge < -0.3 is 10.2 Å². The maximum absolute atomic E-state index is 13.6. The fourth-order valence-corrected chi connectivity index (χ4v) is 4.76. The van der Waals surface area contributed by atoms with Gasteiger partial charge in [0, 0.05) is 35.5 Å². The smallest absolute Gasteiger partial charge is 0.228 e. The number of halogens is 2. The maximum Gasteiger partial charge on any atom is 0.228 e. The van der Waals surface area contributed by atoms with Gasteiger partial charge >= 0.3 is 0 Å². The van der Waals surface area contributed by atoms with Crippen molar-refractivity contribution < 1.29 is 9.18 Å². The molecule has 3 aromatic carbocycles. The number of hydrogen-bond donors (Lipinski definition) is 1. The predicted octanol–water partition coefficient (Wildman–Crippen LogP) is 5.62. The molecular weight excluding hydrogens is 455 g/mol. The summed E-state index contributed by atoms with van der Waals surface area (Å²) in [6, 6.07) is 24.0. The molecule has 0 unspecified atom stereocenters. The van der Waals surface area contributed by atoms with Gasteiger partial charge in [-0.25, -0.2) is 4.39 Å². The highest BCUT2D eigenvalue weighted by Crippen LogP contribution is 2.33. The molecule has 3 nitrogen and oxygen atoms in total. The lowest BCUT2D eigenvalue weighted by atomic mass is 9.80. The zero-order valence-corrected chi connectivity index (χ0v) is 19.8. The van der Waals surface area contributed by atoms with Gasteiger partial charge in [0.2, 0.25) is 5.91 Å². The van der Waals surface area contributed by atoms with E-state index in [1.807, 2.05) is 6.07 Å². The number of hydrogen-bond acceptors (Lipinski definition) is 3. The van der Waals surface area contributed by atoms with Crippen LogP contribution in [0.3, 0.4) is 0 Å². The van der Waals surface area contributed by atoms with Crippen molar-refractivity contribution in [2.45, 2.75) is 18.8 Å². The first-order valence-electron chi connectivity index (χ1n) is 11.1. The van der Waals surface area contributed by atoms with Gasteiger partial charge in [-0.05, 0) is 54.8 Å². The Bertz CT molecular complexity index is 1090. The number of thiocarbonyl (C=S) groups is 1. The van der Waals surface area contributed by atoms with E-state index in [0.717, 1.165) is 37.2 Å². The monoisotopic (exact) mass is 480 g/mol. The molecule has 1 fully saturated rings. The molecule has 0 aliphatic carbocycles. The van der Waals surface area contributed by atoms with E-state index in [0.29, 0.717) is 16.4 Å². The van der Waals surface area contributed by atoms with Crippen molar-refractivity contribution >= 4 is 34.7 Å². The number of likely N-dealkylation sites (tertiary alicyclic amines) is 1. The van der Waals surface area contributed by atoms with E-state index in [2.05, 4.69) is 34.5 Å². The van der Waals surface area contributed by atoms with Crippen LogP contribution >= 0.6 is 23.8 Å². The molecule has 170 valence electrons. The lowest BCUT2D eigenvalue weighted by molar-refractivity contribution is -0.125. The van der Waals surface area contributed by atoms with Crippen molar-refractivity contribution in [3.8, 4) is 0 Å². The molecule has 0 aromatic heterocycles. The number of benzene rings is 3. The molecule has 0 bridgehead atoms. The molecule has 33 heavy (non-hydrogen) atoms. The SMILES string of the molecule is O=C(NC(=S)c1ccc(Cl)cc1)[C@@H]1CCN(CCc2ccccc2)C[C@H]1c1ccc(F)cc1. The summed E-state index contributed by atoms with van der Waals surface area (Å²) in [6.45, 7) is 2.49. The van der Waals surface area contributed by atoms with E-state index >= 15 is 0 Å². The van der Waals surface area contributed by atoms with Crippen LogP contribution in [0.2, 0.25) is 5.02 Å². The van der Waals surface area contributed by atoms with E-state index in [1.54, 1.807) is 36.4 Å². The Morgan fingerprint density at radius 3 is 2.42 bits per heavy atom. The van der Waals surface area contributed by atoms with E-state index in [-0.39, 0.29) is 23.6 Å². The van der Waals surface area contributed by atoms with Gasteiger partial charge in [0.05, 0.1) is 0 Å². The Morgan fingerprint density at radius 2 is 1.73 bits per heavy atom. The minimum atomic E-state index is -0.277. The molecule has 1 aliphatic rings. The highest BCUT2D eigenvalue weighted by atomic mass is 35.5. The van der Waals surface area contributed by atoms with Crippen LogP contribution in [0.15, 0.2) is 78.9 Å². The normalized spacial score (nSPS) is 18.6. The minimum Gasteiger partial charge on any atom is -0.316 e. The van der Waals surface area contributed by atoms with Crippen LogP contribution in [-0.4, -0.2) is 35.4 Å². The van der Waals surface area contributed by atoms with Crippen molar-refractivity contribution in [1.82, 2.24) is 10.2 Å². The van der Waals surface area contributed by atoms with E-state index in [1.165, 1.54) is 17.7 Å². The minimum absolute atomic E-state index is 0.0388. The van der Waals surface area contributed by atoms with Gasteiger partial charge in [-0.3, -0.25) is 4.79 Å². The van der Waals surface area contributed by atoms with E-state index < -0.39 is 0 Å². The summed E-state index contributed by atoms with van der Waals surface area (Å²) in [6.07, 6.45) is 1.67. The van der Waals surface area contributed by atoms with Crippen LogP contribution in [0.5, 0.6) is 0 Å². The third-order valence-corrected chi connectivity index (χ3v) is 6.82. The van der Waals surface area contributed by atoms with Gasteiger partial charge in [0.15, 0.2) is 0 Å². The zero-order valence-electron chi connectivity index (χ0n) is 18.2. The third-order valence-electron chi connectivity index (χ3n) is 6.23. The number of piperidine rings is 1. The molecule has 1 heterocycles. The number of carbonyl (C=O) groups is 1. The summed E-state index contributed by atoms with van der Waals surface area (Å²) < 4.78 is 13.6. The quantitative estimate of drug-likeness (QED) is 0.465. The molecule has 0 spiro atoms. The summed E-state index contributed by atoms with van der Waals surface area (Å²) in [5.74, 6) is -0.649. The Kier molecular flexibility index (Phi) is 7.86. The van der Waals surface area contributed by atoms with Crippen molar-refractivity contribution in [3.63, 3.8) is 0 Å². The fraction of sp³-hybridized carbons (Fsp3) is 0.259. The number of carbonyl (C=O) groups excluding carboxylic acids is 1. The summed E-state index contributed by atoms with van der Waals surface area (Å²) in [7, 11) is 0. The van der Waals surface area contributed by atoms with Crippen LogP contribution in [0.25, 0.3) is 0 Å². The Balaban J connectivity index is 1.47. The van der Waals surface area contributed by atoms with Gasteiger partial charge in [-0.2, -0.15) is 0 Å². The second kappa shape index (κ2) is 11.0. The van der Waals surface area contributed by atoms with Crippen molar-refractivity contribution in [2.75, 3.05) is 19.6 Å². The van der Waals surface area contributed by atoms with Gasteiger partial charge in [0.1, 0.15) is 10.8 Å². The molecule has 0 saturated carbocycles. The molecule has 4 rings (SSSR count). The first kappa shape index (κ1) is 23.6. The molecular formula is C27H26ClFN2OS. The highest BCUT2D eigenvalue weighted by molar-refractivity contribution is 7.80. The topological polar surface area (TPSA) is 32.3 Å². The van der Waals surface area contributed by atoms with Crippen molar-refractivity contribution in [3.05, 3.63) is 106 Å². The Labute approximate surface area is 204 Å². The largest absolute Gasteiger partial charge is 0.316 e. The molecule has 3 aromatic rings. The third kappa shape index (κ3) is 6.26. The Hall–Kier alpha value is -2.60. The fourth-order valence-electron chi connectivity index (χ4n) is 4.39. The molecule has 2 atom stereocenters. The summed E-state index contributed by atoms with van der Waals surface area (Å²) >= 11 is 11.4. The molecule has 1 aliphatic heterocycles. The summed E-state index contributed by atoms with van der Waals surface area (Å²) in [5, 5.41) is 3.54. The highest BCUT2D eigenvalue weighted by Gasteiger charge is 2.35. The van der Waals surface area contributed by atoms with Crippen LogP contribution in [-0.2, 0) is 11.2 Å². The van der Waals surface area contributed by atoms with E-state index in [4.69, 9.17) is 23.8 Å². The predicted molar refractivity (Wildman–Crippen MR) is 135 cm³/mol. The molecule has 1 N–H and O–H groups in total. The Morgan fingerprint density at radius 1 is 1.03 bits per heavy atom. The van der Waals surface area contributed by atoms with Crippen LogP contribution in [0.1, 0.15) is 29.0 Å². The molecule has 1 saturated heterocycles. The summed E-state index contributed by atoms with van der Waals surface area (Å²) in [5.41, 5.74) is 3.02. The number of nitrogens with zero attached hydrogens (tertiary/aromatic N) is 1. The average Bonchev–Trinajstić information content (AvgIpc) is 2.84. The van der Waals surface area contributed by atoms with Gasteiger partial charge in [0.25, 0.3) is 0 Å². The zero-order chi connectivity index (χ0) is 23.2. The van der Waals surface area contributed by atoms with Crippen molar-refractivity contribution in [1.29, 1.82) is 0 Å². The van der Waals surface area contributed by atoms with Crippen LogP contribution in [0.4, 0.5) is 4.39 Å². The first-order chi connectivity index (χ1) is 16.0. The molecule has 6 heteroatoms. The van der Waals surface area contributed by atoms with Gasteiger partial charge in [-0.15, -0.1) is 0 Å². The standard InChI is InChI=1S/C27H26ClFN2OS/c28-22-10-6-21(7-11-22)27(33)30-26(32)24-15-17-31(16-14-19-4-2-1-3-5-19)18-25(24)20-8-12-23(29)13-9-20/h1-13,24-25H,14-18H2,(H,30,32,33)/t24-,25+/m1/s1.